The quantitative estimate of drug-likeness (QED) is 0.516. The second kappa shape index (κ2) is 5.42. The fourth-order valence-electron chi connectivity index (χ4n) is 1.80. The lowest BCUT2D eigenvalue weighted by molar-refractivity contribution is 0.0697. The lowest BCUT2D eigenvalue weighted by Crippen LogP contribution is -2.08. The zero-order chi connectivity index (χ0) is 14.9. The van der Waals surface area contributed by atoms with Gasteiger partial charge in [-0.05, 0) is 24.6 Å². The van der Waals surface area contributed by atoms with Crippen molar-refractivity contribution in [3.05, 3.63) is 47.3 Å². The Morgan fingerprint density at radius 1 is 1.40 bits per heavy atom. The Morgan fingerprint density at radius 3 is 2.65 bits per heavy atom. The highest BCUT2D eigenvalue weighted by molar-refractivity contribution is 7.80. The van der Waals surface area contributed by atoms with Gasteiger partial charge in [-0.3, -0.25) is 0 Å². The van der Waals surface area contributed by atoms with Gasteiger partial charge in [0, 0.05) is 11.4 Å². The van der Waals surface area contributed by atoms with Gasteiger partial charge in [0.25, 0.3) is 0 Å². The van der Waals surface area contributed by atoms with Crippen LogP contribution in [0.25, 0.3) is 0 Å². The second-order valence-corrected chi connectivity index (χ2v) is 4.74. The fourth-order valence-corrected chi connectivity index (χ4v) is 1.97. The van der Waals surface area contributed by atoms with Gasteiger partial charge < -0.3 is 16.2 Å². The number of aromatic carboxylic acids is 1. The van der Waals surface area contributed by atoms with Crippen LogP contribution >= 0.6 is 12.6 Å². The van der Waals surface area contributed by atoms with Crippen molar-refractivity contribution in [3.8, 4) is 0 Å². The maximum atomic E-state index is 14.2. The summed E-state index contributed by atoms with van der Waals surface area (Å²) in [6, 6.07) is 8.36. The highest BCUT2D eigenvalue weighted by atomic mass is 32.1. The molecule has 0 radical (unpaired) electrons. The third kappa shape index (κ3) is 2.55. The Bertz CT molecular complexity index is 689. The lowest BCUT2D eigenvalue weighted by Gasteiger charge is -2.15. The first-order valence-corrected chi connectivity index (χ1v) is 6.23. The molecule has 2 aromatic rings. The topological polar surface area (TPSA) is 75.3 Å². The van der Waals surface area contributed by atoms with E-state index in [1.54, 1.807) is 12.1 Å². The number of nitrogens with one attached hydrogen (secondary N) is 1. The molecule has 104 valence electrons. The SMILES string of the molecule is Cc1ccccc1Nc1c(C(=O)O)cc(N)c(S)c1F. The molecule has 0 aliphatic heterocycles. The number of benzene rings is 2. The van der Waals surface area contributed by atoms with E-state index in [1.165, 1.54) is 6.07 Å². The normalized spacial score (nSPS) is 10.3. The number of nitrogens with two attached hydrogens (primary N) is 1. The summed E-state index contributed by atoms with van der Waals surface area (Å²) in [5.41, 5.74) is 6.63. The first kappa shape index (κ1) is 14.2. The minimum absolute atomic E-state index is 0.0152. The summed E-state index contributed by atoms with van der Waals surface area (Å²) in [4.78, 5) is 11.1. The van der Waals surface area contributed by atoms with E-state index < -0.39 is 11.8 Å². The molecule has 0 aromatic heterocycles. The lowest BCUT2D eigenvalue weighted by atomic mass is 10.1. The third-order valence-corrected chi connectivity index (χ3v) is 3.36. The molecule has 0 heterocycles. The Balaban J connectivity index is 2.59. The molecule has 0 amide bonds. The van der Waals surface area contributed by atoms with Crippen molar-refractivity contribution in [1.82, 2.24) is 0 Å². The van der Waals surface area contributed by atoms with Gasteiger partial charge in [-0.1, -0.05) is 18.2 Å². The van der Waals surface area contributed by atoms with Gasteiger partial charge in [-0.25, -0.2) is 9.18 Å². The number of nitrogen functional groups attached to an aromatic ring is 1. The number of carbonyl (C=O) groups is 1. The molecular weight excluding hydrogens is 279 g/mol. The summed E-state index contributed by atoms with van der Waals surface area (Å²) in [6.07, 6.45) is 0. The molecular formula is C14H13FN2O2S. The van der Waals surface area contributed by atoms with E-state index in [1.807, 2.05) is 19.1 Å². The molecule has 0 aliphatic carbocycles. The molecule has 6 heteroatoms. The van der Waals surface area contributed by atoms with Crippen molar-refractivity contribution >= 4 is 35.7 Å². The van der Waals surface area contributed by atoms with Crippen LogP contribution in [0, 0.1) is 12.7 Å². The van der Waals surface area contributed by atoms with Crippen LogP contribution in [0.5, 0.6) is 0 Å². The van der Waals surface area contributed by atoms with Crippen LogP contribution in [0.3, 0.4) is 0 Å². The van der Waals surface area contributed by atoms with Crippen molar-refractivity contribution in [1.29, 1.82) is 0 Å². The van der Waals surface area contributed by atoms with Gasteiger partial charge in [0.2, 0.25) is 0 Å². The van der Waals surface area contributed by atoms with Gasteiger partial charge in [-0.2, -0.15) is 0 Å². The van der Waals surface area contributed by atoms with E-state index in [4.69, 9.17) is 10.8 Å². The second-order valence-electron chi connectivity index (χ2n) is 4.30. The molecule has 0 bridgehead atoms. The number of para-hydroxylation sites is 1. The van der Waals surface area contributed by atoms with Crippen molar-refractivity contribution < 1.29 is 14.3 Å². The van der Waals surface area contributed by atoms with Crippen LogP contribution in [-0.2, 0) is 0 Å². The number of thiol groups is 1. The first-order valence-electron chi connectivity index (χ1n) is 5.78. The molecule has 0 spiro atoms. The van der Waals surface area contributed by atoms with Crippen LogP contribution in [0.2, 0.25) is 0 Å². The molecule has 0 atom stereocenters. The molecule has 2 rings (SSSR count). The number of hydrogen-bond donors (Lipinski definition) is 4. The van der Waals surface area contributed by atoms with Gasteiger partial charge in [-0.15, -0.1) is 12.6 Å². The maximum absolute atomic E-state index is 14.2. The van der Waals surface area contributed by atoms with E-state index in [9.17, 15) is 9.18 Å². The molecule has 0 aliphatic rings. The van der Waals surface area contributed by atoms with Crippen LogP contribution in [0.4, 0.5) is 21.5 Å². The largest absolute Gasteiger partial charge is 0.478 e. The van der Waals surface area contributed by atoms with Crippen molar-refractivity contribution in [2.24, 2.45) is 0 Å². The standard InChI is InChI=1S/C14H13FN2O2S/c1-7-4-2-3-5-10(7)17-12-8(14(18)19)6-9(16)13(20)11(12)15/h2-6,17,20H,16H2,1H3,(H,18,19). The van der Waals surface area contributed by atoms with E-state index in [-0.39, 0.29) is 21.8 Å². The zero-order valence-electron chi connectivity index (χ0n) is 10.6. The van der Waals surface area contributed by atoms with Crippen LogP contribution in [0.15, 0.2) is 35.2 Å². The summed E-state index contributed by atoms with van der Waals surface area (Å²) < 4.78 is 14.2. The van der Waals surface area contributed by atoms with Crippen LogP contribution in [0.1, 0.15) is 15.9 Å². The number of rotatable bonds is 3. The molecule has 2 aromatic carbocycles. The Morgan fingerprint density at radius 2 is 2.05 bits per heavy atom. The van der Waals surface area contributed by atoms with E-state index >= 15 is 0 Å². The molecule has 0 unspecified atom stereocenters. The minimum atomic E-state index is -1.26. The Hall–Kier alpha value is -2.21. The number of aryl methyl sites for hydroxylation is 1. The van der Waals surface area contributed by atoms with Crippen molar-refractivity contribution in [2.45, 2.75) is 11.8 Å². The van der Waals surface area contributed by atoms with E-state index in [2.05, 4.69) is 17.9 Å². The number of anilines is 3. The smallest absolute Gasteiger partial charge is 0.338 e. The molecule has 0 saturated heterocycles. The molecule has 0 fully saturated rings. The maximum Gasteiger partial charge on any atom is 0.338 e. The highest BCUT2D eigenvalue weighted by Crippen LogP contribution is 2.33. The van der Waals surface area contributed by atoms with Gasteiger partial charge in [0.15, 0.2) is 5.82 Å². The Labute approximate surface area is 120 Å². The molecule has 4 N–H and O–H groups in total. The number of halogens is 1. The molecule has 20 heavy (non-hydrogen) atoms. The monoisotopic (exact) mass is 292 g/mol. The number of carboxylic acids is 1. The average molecular weight is 292 g/mol. The predicted molar refractivity (Wildman–Crippen MR) is 79.5 cm³/mol. The van der Waals surface area contributed by atoms with Crippen LogP contribution in [-0.4, -0.2) is 11.1 Å². The first-order chi connectivity index (χ1) is 9.41. The summed E-state index contributed by atoms with van der Waals surface area (Å²) in [7, 11) is 0. The number of hydrogen-bond acceptors (Lipinski definition) is 4. The molecule has 0 saturated carbocycles. The van der Waals surface area contributed by atoms with Crippen molar-refractivity contribution in [2.75, 3.05) is 11.1 Å². The van der Waals surface area contributed by atoms with Gasteiger partial charge >= 0.3 is 5.97 Å². The summed E-state index contributed by atoms with van der Waals surface area (Å²) >= 11 is 3.96. The summed E-state index contributed by atoms with van der Waals surface area (Å²) in [6.45, 7) is 1.83. The average Bonchev–Trinajstić information content (AvgIpc) is 2.41. The summed E-state index contributed by atoms with van der Waals surface area (Å²) in [5, 5.41) is 12.0. The predicted octanol–water partition coefficient (Wildman–Crippen LogP) is 3.45. The Kier molecular flexibility index (Phi) is 3.85. The van der Waals surface area contributed by atoms with Crippen LogP contribution < -0.4 is 11.1 Å². The van der Waals surface area contributed by atoms with Gasteiger partial charge in [0.1, 0.15) is 0 Å². The third-order valence-electron chi connectivity index (χ3n) is 2.91. The summed E-state index contributed by atoms with van der Waals surface area (Å²) in [5.74, 6) is -2.05. The minimum Gasteiger partial charge on any atom is -0.478 e. The fraction of sp³-hybridized carbons (Fsp3) is 0.0714. The van der Waals surface area contributed by atoms with Crippen molar-refractivity contribution in [3.63, 3.8) is 0 Å². The van der Waals surface area contributed by atoms with E-state index in [0.717, 1.165) is 5.56 Å². The van der Waals surface area contributed by atoms with E-state index in [0.29, 0.717) is 5.69 Å². The van der Waals surface area contributed by atoms with Gasteiger partial charge in [0.05, 0.1) is 16.1 Å². The zero-order valence-corrected chi connectivity index (χ0v) is 11.5. The number of carboxylic acid groups (broad SMARTS) is 1. The molecule has 4 nitrogen and oxygen atoms in total. The highest BCUT2D eigenvalue weighted by Gasteiger charge is 2.20.